The summed E-state index contributed by atoms with van der Waals surface area (Å²) in [5.74, 6) is 0. The lowest BCUT2D eigenvalue weighted by atomic mass is 9.95. The maximum Gasteiger partial charge on any atom is 0.248 e. The molecule has 3 aromatic carbocycles. The van der Waals surface area contributed by atoms with Crippen molar-refractivity contribution in [3.8, 4) is 0 Å². The Morgan fingerprint density at radius 2 is 1.23 bits per heavy atom. The summed E-state index contributed by atoms with van der Waals surface area (Å²) in [4.78, 5) is 27.6. The SMILES string of the molecule is Cc1cc(C)c(C(=O)P(=O)(C(=O)c2c(Br)cccc2Br)c2ccccc2)c(C)c1C. The third-order valence-corrected chi connectivity index (χ3v) is 9.38. The number of hydrogen-bond donors (Lipinski definition) is 0. The van der Waals surface area contributed by atoms with Gasteiger partial charge in [-0.15, -0.1) is 0 Å². The van der Waals surface area contributed by atoms with Crippen LogP contribution in [0.25, 0.3) is 0 Å². The van der Waals surface area contributed by atoms with Crippen LogP contribution in [0, 0.1) is 27.7 Å². The fraction of sp³-hybridized carbons (Fsp3) is 0.167. The molecule has 3 aromatic rings. The van der Waals surface area contributed by atoms with Crippen LogP contribution in [0.2, 0.25) is 0 Å². The molecule has 1 atom stereocenters. The lowest BCUT2D eigenvalue weighted by Gasteiger charge is -2.21. The van der Waals surface area contributed by atoms with Gasteiger partial charge in [0.1, 0.15) is 0 Å². The zero-order valence-corrected chi connectivity index (χ0v) is 21.2. The highest BCUT2D eigenvalue weighted by molar-refractivity contribution is 9.11. The van der Waals surface area contributed by atoms with Crippen molar-refractivity contribution in [3.63, 3.8) is 0 Å². The molecule has 3 rings (SSSR count). The van der Waals surface area contributed by atoms with Gasteiger partial charge in [0, 0.05) is 19.8 Å². The van der Waals surface area contributed by atoms with E-state index >= 15 is 0 Å². The van der Waals surface area contributed by atoms with Crippen LogP contribution < -0.4 is 5.30 Å². The molecule has 30 heavy (non-hydrogen) atoms. The largest absolute Gasteiger partial charge is 0.302 e. The summed E-state index contributed by atoms with van der Waals surface area (Å²) < 4.78 is 15.5. The maximum absolute atomic E-state index is 14.5. The van der Waals surface area contributed by atoms with E-state index in [0.717, 1.165) is 22.3 Å². The molecule has 0 saturated heterocycles. The molecule has 0 aliphatic rings. The van der Waals surface area contributed by atoms with E-state index in [1.54, 1.807) is 48.5 Å². The van der Waals surface area contributed by atoms with Gasteiger partial charge >= 0.3 is 0 Å². The van der Waals surface area contributed by atoms with E-state index < -0.39 is 18.2 Å². The first kappa shape index (κ1) is 22.9. The summed E-state index contributed by atoms with van der Waals surface area (Å²) in [6.07, 6.45) is 0. The average Bonchev–Trinajstić information content (AvgIpc) is 2.71. The number of aryl methyl sites for hydroxylation is 2. The smallest absolute Gasteiger partial charge is 0.248 e. The Hall–Kier alpha value is -1.81. The van der Waals surface area contributed by atoms with Crippen molar-refractivity contribution in [2.75, 3.05) is 0 Å². The van der Waals surface area contributed by atoms with Gasteiger partial charge in [0.15, 0.2) is 0 Å². The minimum Gasteiger partial charge on any atom is -0.302 e. The molecule has 0 aliphatic carbocycles. The number of benzene rings is 3. The van der Waals surface area contributed by atoms with Crippen molar-refractivity contribution in [2.45, 2.75) is 27.7 Å². The highest BCUT2D eigenvalue weighted by atomic mass is 79.9. The van der Waals surface area contributed by atoms with E-state index in [0.29, 0.717) is 14.5 Å². The summed E-state index contributed by atoms with van der Waals surface area (Å²) in [6, 6.07) is 15.4. The van der Waals surface area contributed by atoms with Crippen molar-refractivity contribution in [2.24, 2.45) is 0 Å². The quantitative estimate of drug-likeness (QED) is 0.320. The van der Waals surface area contributed by atoms with Crippen LogP contribution in [0.4, 0.5) is 0 Å². The zero-order valence-electron chi connectivity index (χ0n) is 17.1. The Morgan fingerprint density at radius 1 is 0.700 bits per heavy atom. The molecule has 6 heteroatoms. The number of carbonyl (C=O) groups excluding carboxylic acids is 2. The van der Waals surface area contributed by atoms with Crippen LogP contribution in [0.15, 0.2) is 63.5 Å². The van der Waals surface area contributed by atoms with Crippen LogP contribution in [-0.2, 0) is 4.57 Å². The van der Waals surface area contributed by atoms with Crippen LogP contribution in [0.3, 0.4) is 0 Å². The van der Waals surface area contributed by atoms with Gasteiger partial charge in [0.25, 0.3) is 0 Å². The predicted molar refractivity (Wildman–Crippen MR) is 130 cm³/mol. The van der Waals surface area contributed by atoms with Gasteiger partial charge in [-0.05, 0) is 93.9 Å². The molecule has 0 N–H and O–H groups in total. The summed E-state index contributed by atoms with van der Waals surface area (Å²) in [5.41, 5.74) is 2.74. The van der Waals surface area contributed by atoms with Gasteiger partial charge < -0.3 is 4.57 Å². The van der Waals surface area contributed by atoms with E-state index in [-0.39, 0.29) is 10.9 Å². The Morgan fingerprint density at radius 3 is 1.80 bits per heavy atom. The Labute approximate surface area is 193 Å². The van der Waals surface area contributed by atoms with Gasteiger partial charge in [0.2, 0.25) is 18.2 Å². The second kappa shape index (κ2) is 8.74. The van der Waals surface area contributed by atoms with Crippen molar-refractivity contribution in [3.05, 3.63) is 96.9 Å². The van der Waals surface area contributed by atoms with Crippen molar-refractivity contribution < 1.29 is 14.2 Å². The fourth-order valence-corrected chi connectivity index (χ4v) is 7.72. The molecule has 0 aliphatic heterocycles. The zero-order chi connectivity index (χ0) is 22.2. The van der Waals surface area contributed by atoms with Crippen LogP contribution >= 0.6 is 39.0 Å². The molecule has 0 spiro atoms. The first-order chi connectivity index (χ1) is 14.1. The first-order valence-electron chi connectivity index (χ1n) is 9.37. The summed E-state index contributed by atoms with van der Waals surface area (Å²) in [7, 11) is -4.18. The van der Waals surface area contributed by atoms with Crippen molar-refractivity contribution in [1.82, 2.24) is 0 Å². The maximum atomic E-state index is 14.5. The van der Waals surface area contributed by atoms with E-state index in [1.165, 1.54) is 0 Å². The Kier molecular flexibility index (Phi) is 6.66. The number of halogens is 2. The molecule has 0 radical (unpaired) electrons. The van der Waals surface area contributed by atoms with Crippen LogP contribution in [-0.4, -0.2) is 11.0 Å². The molecule has 0 fully saturated rings. The van der Waals surface area contributed by atoms with E-state index in [9.17, 15) is 14.2 Å². The third-order valence-electron chi connectivity index (χ3n) is 5.44. The Balaban J connectivity index is 2.34. The minimum absolute atomic E-state index is 0.206. The molecule has 1 unspecified atom stereocenters. The summed E-state index contributed by atoms with van der Waals surface area (Å²) in [5, 5.41) is 0.236. The number of hydrogen-bond acceptors (Lipinski definition) is 3. The van der Waals surface area contributed by atoms with Crippen molar-refractivity contribution >= 4 is 55.4 Å². The predicted octanol–water partition coefficient (Wildman–Crippen LogP) is 7.11. The average molecular weight is 548 g/mol. The fourth-order valence-electron chi connectivity index (χ4n) is 3.59. The Bertz CT molecular complexity index is 1200. The highest BCUT2D eigenvalue weighted by Gasteiger charge is 2.45. The minimum atomic E-state index is -4.18. The van der Waals surface area contributed by atoms with E-state index in [4.69, 9.17) is 0 Å². The lowest BCUT2D eigenvalue weighted by Crippen LogP contribution is -2.22. The molecule has 0 saturated carbocycles. The van der Waals surface area contributed by atoms with Crippen LogP contribution in [0.1, 0.15) is 43.0 Å². The topological polar surface area (TPSA) is 51.2 Å². The van der Waals surface area contributed by atoms with Gasteiger partial charge in [-0.1, -0.05) is 42.5 Å². The number of rotatable bonds is 5. The van der Waals surface area contributed by atoms with Crippen LogP contribution in [0.5, 0.6) is 0 Å². The van der Waals surface area contributed by atoms with Gasteiger partial charge in [-0.25, -0.2) is 0 Å². The molecular formula is C24H21Br2O3P. The standard InChI is InChI=1S/C24H21Br2O3P/c1-14-13-15(2)21(17(4)16(14)3)23(27)30(29,18-9-6-5-7-10-18)24(28)22-19(25)11-8-12-20(22)26/h5-13H,1-4H3. The monoisotopic (exact) mass is 546 g/mol. The van der Waals surface area contributed by atoms with E-state index in [2.05, 4.69) is 31.9 Å². The molecule has 0 amide bonds. The molecule has 154 valence electrons. The van der Waals surface area contributed by atoms with Gasteiger partial charge in [0.05, 0.1) is 5.56 Å². The number of carbonyl (C=O) groups is 2. The molecule has 3 nitrogen and oxygen atoms in total. The second-order valence-electron chi connectivity index (χ2n) is 7.29. The van der Waals surface area contributed by atoms with Gasteiger partial charge in [-0.3, -0.25) is 9.59 Å². The van der Waals surface area contributed by atoms with Gasteiger partial charge in [-0.2, -0.15) is 0 Å². The molecule has 0 bridgehead atoms. The highest BCUT2D eigenvalue weighted by Crippen LogP contribution is 2.53. The molecule has 0 aromatic heterocycles. The molecular weight excluding hydrogens is 527 g/mol. The second-order valence-corrected chi connectivity index (χ2v) is 11.5. The third kappa shape index (κ3) is 3.79. The first-order valence-corrected chi connectivity index (χ1v) is 12.7. The van der Waals surface area contributed by atoms with E-state index in [1.807, 2.05) is 33.8 Å². The summed E-state index contributed by atoms with van der Waals surface area (Å²) >= 11 is 6.77. The summed E-state index contributed by atoms with van der Waals surface area (Å²) in [6.45, 7) is 7.57. The van der Waals surface area contributed by atoms with Crippen molar-refractivity contribution in [1.29, 1.82) is 0 Å². The normalized spacial score (nSPS) is 13.0. The molecule has 0 heterocycles. The lowest BCUT2D eigenvalue weighted by molar-refractivity contribution is 0.104.